The van der Waals surface area contributed by atoms with Gasteiger partial charge in [-0.1, -0.05) is 48.0 Å². The molecule has 0 aliphatic heterocycles. The monoisotopic (exact) mass is 365 g/mol. The van der Waals surface area contributed by atoms with Gasteiger partial charge in [0.2, 0.25) is 0 Å². The molecule has 5 heteroatoms. The van der Waals surface area contributed by atoms with Gasteiger partial charge in [-0.15, -0.1) is 0 Å². The summed E-state index contributed by atoms with van der Waals surface area (Å²) in [6.07, 6.45) is 2.10. The Bertz CT molecular complexity index is 813. The van der Waals surface area contributed by atoms with E-state index in [1.54, 1.807) is 7.11 Å². The van der Waals surface area contributed by atoms with Gasteiger partial charge in [-0.2, -0.15) is 5.10 Å². The molecule has 3 rings (SSSR count). The van der Waals surface area contributed by atoms with Gasteiger partial charge in [0.15, 0.2) is 0 Å². The Balaban J connectivity index is 1.72. The normalized spacial score (nSPS) is 11.0. The highest BCUT2D eigenvalue weighted by Gasteiger charge is 2.12. The van der Waals surface area contributed by atoms with Gasteiger partial charge in [0, 0.05) is 37.5 Å². The van der Waals surface area contributed by atoms with E-state index in [1.165, 1.54) is 11.1 Å². The number of benzene rings is 2. The van der Waals surface area contributed by atoms with E-state index in [1.807, 2.05) is 22.9 Å². The first-order valence-corrected chi connectivity index (χ1v) is 9.26. The fourth-order valence-electron chi connectivity index (χ4n) is 2.82. The summed E-state index contributed by atoms with van der Waals surface area (Å²) in [7, 11) is 1.68. The van der Waals surface area contributed by atoms with E-state index < -0.39 is 0 Å². The molecule has 142 valence electrons. The van der Waals surface area contributed by atoms with E-state index >= 15 is 0 Å². The Morgan fingerprint density at radius 1 is 0.963 bits per heavy atom. The van der Waals surface area contributed by atoms with E-state index in [4.69, 9.17) is 14.6 Å². The smallest absolute Gasteiger partial charge is 0.0972 e. The Morgan fingerprint density at radius 3 is 2.48 bits per heavy atom. The molecule has 1 N–H and O–H groups in total. The minimum atomic E-state index is 0.624. The quantitative estimate of drug-likeness (QED) is 0.558. The predicted octanol–water partition coefficient (Wildman–Crippen LogP) is 3.60. The summed E-state index contributed by atoms with van der Waals surface area (Å²) in [5.74, 6) is 0. The van der Waals surface area contributed by atoms with Crippen LogP contribution in [0.1, 0.15) is 11.1 Å². The summed E-state index contributed by atoms with van der Waals surface area (Å²) < 4.78 is 12.4. The maximum absolute atomic E-state index is 5.51. The highest BCUT2D eigenvalue weighted by molar-refractivity contribution is 5.63. The Kier molecular flexibility index (Phi) is 7.16. The van der Waals surface area contributed by atoms with Crippen molar-refractivity contribution in [3.05, 3.63) is 71.9 Å². The summed E-state index contributed by atoms with van der Waals surface area (Å²) in [4.78, 5) is 0. The van der Waals surface area contributed by atoms with Crippen LogP contribution in [0.15, 0.2) is 60.8 Å². The molecule has 0 bridgehead atoms. The number of aromatic nitrogens is 2. The van der Waals surface area contributed by atoms with Crippen molar-refractivity contribution in [2.45, 2.75) is 13.5 Å². The first kappa shape index (κ1) is 19.3. The molecular formula is C22H27N3O2. The third kappa shape index (κ3) is 5.50. The third-order valence-electron chi connectivity index (χ3n) is 4.31. The molecular weight excluding hydrogens is 338 g/mol. The van der Waals surface area contributed by atoms with Crippen LogP contribution in [0.5, 0.6) is 0 Å². The maximum Gasteiger partial charge on any atom is 0.0972 e. The highest BCUT2D eigenvalue weighted by Crippen LogP contribution is 2.24. The Morgan fingerprint density at radius 2 is 1.74 bits per heavy atom. The van der Waals surface area contributed by atoms with E-state index in [-0.39, 0.29) is 0 Å². The number of hydrogen-bond acceptors (Lipinski definition) is 4. The predicted molar refractivity (Wildman–Crippen MR) is 108 cm³/mol. The number of para-hydroxylation sites is 1. The van der Waals surface area contributed by atoms with Crippen molar-refractivity contribution < 1.29 is 9.47 Å². The van der Waals surface area contributed by atoms with Gasteiger partial charge in [-0.25, -0.2) is 4.68 Å². The van der Waals surface area contributed by atoms with Gasteiger partial charge in [-0.05, 0) is 19.1 Å². The summed E-state index contributed by atoms with van der Waals surface area (Å²) in [5, 5.41) is 8.29. The van der Waals surface area contributed by atoms with Gasteiger partial charge in [-0.3, -0.25) is 0 Å². The summed E-state index contributed by atoms with van der Waals surface area (Å²) in [6.45, 7) is 5.53. The lowest BCUT2D eigenvalue weighted by Gasteiger charge is -2.06. The molecule has 0 radical (unpaired) electrons. The molecule has 3 aromatic rings. The lowest BCUT2D eigenvalue weighted by atomic mass is 10.1. The summed E-state index contributed by atoms with van der Waals surface area (Å²) in [5.41, 5.74) is 5.60. The molecule has 5 nitrogen and oxygen atoms in total. The number of rotatable bonds is 10. The van der Waals surface area contributed by atoms with Crippen LogP contribution in [-0.4, -0.2) is 43.3 Å². The summed E-state index contributed by atoms with van der Waals surface area (Å²) >= 11 is 0. The van der Waals surface area contributed by atoms with Crippen LogP contribution < -0.4 is 5.32 Å². The van der Waals surface area contributed by atoms with Gasteiger partial charge >= 0.3 is 0 Å². The number of hydrogen-bond donors (Lipinski definition) is 1. The fourth-order valence-corrected chi connectivity index (χ4v) is 2.82. The lowest BCUT2D eigenvalue weighted by molar-refractivity contribution is 0.0719. The Hall–Kier alpha value is -2.47. The second-order valence-corrected chi connectivity index (χ2v) is 6.43. The number of methoxy groups -OCH3 is 1. The van der Waals surface area contributed by atoms with Gasteiger partial charge in [0.25, 0.3) is 0 Å². The maximum atomic E-state index is 5.51. The highest BCUT2D eigenvalue weighted by atomic mass is 16.5. The topological polar surface area (TPSA) is 48.3 Å². The van der Waals surface area contributed by atoms with Crippen LogP contribution in [0.4, 0.5) is 0 Å². The fraction of sp³-hybridized carbons (Fsp3) is 0.318. The lowest BCUT2D eigenvalue weighted by Crippen LogP contribution is -2.20. The second kappa shape index (κ2) is 10.0. The van der Waals surface area contributed by atoms with Crippen LogP contribution >= 0.6 is 0 Å². The van der Waals surface area contributed by atoms with Gasteiger partial charge < -0.3 is 14.8 Å². The van der Waals surface area contributed by atoms with Gasteiger partial charge in [0.1, 0.15) is 0 Å². The molecule has 2 aromatic carbocycles. The van der Waals surface area contributed by atoms with Crippen LogP contribution in [0.3, 0.4) is 0 Å². The number of nitrogens with one attached hydrogen (secondary N) is 1. The SMILES string of the molecule is COCCOCCNCc1cn(-c2ccccc2)nc1-c1ccc(C)cc1. The van der Waals surface area contributed by atoms with Crippen molar-refractivity contribution in [3.63, 3.8) is 0 Å². The van der Waals surface area contributed by atoms with Crippen molar-refractivity contribution in [1.29, 1.82) is 0 Å². The first-order chi connectivity index (χ1) is 13.3. The first-order valence-electron chi connectivity index (χ1n) is 9.26. The molecule has 0 atom stereocenters. The molecule has 0 spiro atoms. The van der Waals surface area contributed by atoms with Crippen LogP contribution in [0.25, 0.3) is 16.9 Å². The van der Waals surface area contributed by atoms with Crippen molar-refractivity contribution in [1.82, 2.24) is 15.1 Å². The third-order valence-corrected chi connectivity index (χ3v) is 4.31. The van der Waals surface area contributed by atoms with Crippen molar-refractivity contribution in [3.8, 4) is 16.9 Å². The van der Waals surface area contributed by atoms with Crippen LogP contribution in [-0.2, 0) is 16.0 Å². The van der Waals surface area contributed by atoms with Crippen LogP contribution in [0.2, 0.25) is 0 Å². The molecule has 0 aliphatic rings. The molecule has 1 aromatic heterocycles. The molecule has 0 amide bonds. The minimum Gasteiger partial charge on any atom is -0.382 e. The molecule has 27 heavy (non-hydrogen) atoms. The molecule has 0 fully saturated rings. The standard InChI is InChI=1S/C22H27N3O2/c1-18-8-10-19(11-9-18)22-20(16-23-12-13-27-15-14-26-2)17-25(24-22)21-6-4-3-5-7-21/h3-11,17,23H,12-16H2,1-2H3. The zero-order valence-electron chi connectivity index (χ0n) is 16.0. The van der Waals surface area contributed by atoms with Crippen molar-refractivity contribution in [2.24, 2.45) is 0 Å². The van der Waals surface area contributed by atoms with E-state index in [0.29, 0.717) is 19.8 Å². The minimum absolute atomic E-state index is 0.624. The number of ether oxygens (including phenoxy) is 2. The van der Waals surface area contributed by atoms with E-state index in [2.05, 4.69) is 54.8 Å². The molecule has 0 saturated carbocycles. The molecule has 0 unspecified atom stereocenters. The average Bonchev–Trinajstić information content (AvgIpc) is 3.13. The molecule has 1 heterocycles. The zero-order valence-corrected chi connectivity index (χ0v) is 16.0. The summed E-state index contributed by atoms with van der Waals surface area (Å²) in [6, 6.07) is 18.7. The number of nitrogens with zero attached hydrogens (tertiary/aromatic N) is 2. The molecule has 0 aliphatic carbocycles. The molecule has 0 saturated heterocycles. The van der Waals surface area contributed by atoms with E-state index in [0.717, 1.165) is 30.0 Å². The average molecular weight is 365 g/mol. The Labute approximate surface area is 160 Å². The largest absolute Gasteiger partial charge is 0.382 e. The zero-order chi connectivity index (χ0) is 18.9. The second-order valence-electron chi connectivity index (χ2n) is 6.43. The van der Waals surface area contributed by atoms with E-state index in [9.17, 15) is 0 Å². The number of aryl methyl sites for hydroxylation is 1. The van der Waals surface area contributed by atoms with Crippen molar-refractivity contribution >= 4 is 0 Å². The van der Waals surface area contributed by atoms with Crippen LogP contribution in [0, 0.1) is 6.92 Å². The van der Waals surface area contributed by atoms with Crippen molar-refractivity contribution in [2.75, 3.05) is 33.5 Å². The van der Waals surface area contributed by atoms with Gasteiger partial charge in [0.05, 0.1) is 31.2 Å².